The molecule has 4 nitrogen and oxygen atoms in total. The molecule has 0 aliphatic heterocycles. The van der Waals surface area contributed by atoms with Gasteiger partial charge in [-0.2, -0.15) is 0 Å². The van der Waals surface area contributed by atoms with E-state index in [4.69, 9.17) is 0 Å². The number of hydrogen-bond donors (Lipinski definition) is 1. The Kier molecular flexibility index (Phi) is 5.36. The Morgan fingerprint density at radius 2 is 1.68 bits per heavy atom. The van der Waals surface area contributed by atoms with Crippen molar-refractivity contribution >= 4 is 23.0 Å². The van der Waals surface area contributed by atoms with Gasteiger partial charge in [-0.25, -0.2) is 4.98 Å². The van der Waals surface area contributed by atoms with E-state index in [-0.39, 0.29) is 11.7 Å². The number of carbonyl (C=O) groups excluding carboxylic acids is 2. The van der Waals surface area contributed by atoms with Crippen LogP contribution in [-0.2, 0) is 6.42 Å². The van der Waals surface area contributed by atoms with Crippen LogP contribution in [0.2, 0.25) is 0 Å². The Hall–Kier alpha value is -2.79. The second-order valence-electron chi connectivity index (χ2n) is 5.63. The highest BCUT2D eigenvalue weighted by molar-refractivity contribution is 7.09. The lowest BCUT2D eigenvalue weighted by molar-refractivity contribution is 0.0942. The lowest BCUT2D eigenvalue weighted by atomic mass is 9.98. The molecule has 1 N–H and O–H groups in total. The molecule has 3 aromatic rings. The Morgan fingerprint density at radius 3 is 2.36 bits per heavy atom. The quantitative estimate of drug-likeness (QED) is 0.690. The van der Waals surface area contributed by atoms with Gasteiger partial charge in [-0.3, -0.25) is 9.59 Å². The summed E-state index contributed by atoms with van der Waals surface area (Å²) in [4.78, 5) is 29.6. The van der Waals surface area contributed by atoms with E-state index in [1.165, 1.54) is 0 Å². The summed E-state index contributed by atoms with van der Waals surface area (Å²) in [6, 6.07) is 15.9. The molecule has 2 aromatic carbocycles. The van der Waals surface area contributed by atoms with Gasteiger partial charge in [0.2, 0.25) is 0 Å². The van der Waals surface area contributed by atoms with Crippen molar-refractivity contribution in [3.05, 3.63) is 87.4 Å². The van der Waals surface area contributed by atoms with Crippen LogP contribution >= 0.6 is 11.3 Å². The van der Waals surface area contributed by atoms with Gasteiger partial charge in [-0.1, -0.05) is 48.5 Å². The first-order valence-corrected chi connectivity index (χ1v) is 8.91. The molecule has 0 radical (unpaired) electrons. The normalized spacial score (nSPS) is 10.4. The minimum Gasteiger partial charge on any atom is -0.352 e. The number of benzene rings is 2. The van der Waals surface area contributed by atoms with Crippen LogP contribution in [0, 0.1) is 6.92 Å². The lowest BCUT2D eigenvalue weighted by Gasteiger charge is -2.09. The van der Waals surface area contributed by atoms with E-state index in [2.05, 4.69) is 10.3 Å². The number of carbonyl (C=O) groups is 2. The van der Waals surface area contributed by atoms with Gasteiger partial charge in [0.25, 0.3) is 5.91 Å². The average molecular weight is 350 g/mol. The number of thiazole rings is 1. The van der Waals surface area contributed by atoms with Gasteiger partial charge in [0.15, 0.2) is 5.78 Å². The first kappa shape index (κ1) is 17.0. The van der Waals surface area contributed by atoms with Crippen molar-refractivity contribution in [2.45, 2.75) is 13.3 Å². The standard InChI is InChI=1S/C20H18N2O2S/c1-14-13-25-18(22-14)11-12-21-20(24)17-10-6-5-9-16(17)19(23)15-7-3-2-4-8-15/h2-10,13H,11-12H2,1H3,(H,21,24). The van der Waals surface area contributed by atoms with Crippen LogP contribution in [0.15, 0.2) is 60.0 Å². The molecule has 5 heteroatoms. The molecule has 0 aliphatic rings. The van der Waals surface area contributed by atoms with E-state index in [0.29, 0.717) is 29.7 Å². The maximum Gasteiger partial charge on any atom is 0.252 e. The van der Waals surface area contributed by atoms with Gasteiger partial charge in [0.1, 0.15) is 0 Å². The number of rotatable bonds is 6. The minimum atomic E-state index is -0.242. The van der Waals surface area contributed by atoms with Gasteiger partial charge >= 0.3 is 0 Å². The molecular weight excluding hydrogens is 332 g/mol. The third kappa shape index (κ3) is 4.19. The van der Waals surface area contributed by atoms with Crippen LogP contribution in [0.25, 0.3) is 0 Å². The molecule has 3 rings (SSSR count). The van der Waals surface area contributed by atoms with Crippen LogP contribution in [0.4, 0.5) is 0 Å². The van der Waals surface area contributed by atoms with Gasteiger partial charge in [0.05, 0.1) is 10.6 Å². The lowest BCUT2D eigenvalue weighted by Crippen LogP contribution is -2.27. The first-order chi connectivity index (χ1) is 12.1. The zero-order valence-corrected chi connectivity index (χ0v) is 14.7. The largest absolute Gasteiger partial charge is 0.352 e. The predicted octanol–water partition coefficient (Wildman–Crippen LogP) is 3.66. The Balaban J connectivity index is 1.71. The molecule has 126 valence electrons. The number of aryl methyl sites for hydroxylation is 1. The number of ketones is 1. The average Bonchev–Trinajstić information content (AvgIpc) is 3.07. The zero-order chi connectivity index (χ0) is 17.6. The van der Waals surface area contributed by atoms with Crippen molar-refractivity contribution in [2.75, 3.05) is 6.54 Å². The zero-order valence-electron chi connectivity index (χ0n) is 13.9. The van der Waals surface area contributed by atoms with E-state index in [1.54, 1.807) is 47.7 Å². The number of amides is 1. The van der Waals surface area contributed by atoms with Crippen LogP contribution < -0.4 is 5.32 Å². The predicted molar refractivity (Wildman–Crippen MR) is 99.2 cm³/mol. The molecule has 0 saturated carbocycles. The molecule has 0 unspecified atom stereocenters. The van der Waals surface area contributed by atoms with E-state index < -0.39 is 0 Å². The maximum atomic E-state index is 12.7. The molecule has 0 atom stereocenters. The van der Waals surface area contributed by atoms with E-state index in [1.807, 2.05) is 30.5 Å². The third-order valence-electron chi connectivity index (χ3n) is 3.74. The summed E-state index contributed by atoms with van der Waals surface area (Å²) in [7, 11) is 0. The minimum absolute atomic E-state index is 0.151. The van der Waals surface area contributed by atoms with E-state index in [0.717, 1.165) is 10.7 Å². The van der Waals surface area contributed by atoms with Crippen molar-refractivity contribution in [3.8, 4) is 0 Å². The summed E-state index contributed by atoms with van der Waals surface area (Å²) >= 11 is 1.59. The Labute approximate surface area is 150 Å². The van der Waals surface area contributed by atoms with Crippen molar-refractivity contribution in [2.24, 2.45) is 0 Å². The van der Waals surface area contributed by atoms with Gasteiger partial charge in [0, 0.05) is 35.2 Å². The number of aromatic nitrogens is 1. The molecule has 25 heavy (non-hydrogen) atoms. The Bertz CT molecular complexity index is 887. The van der Waals surface area contributed by atoms with Crippen molar-refractivity contribution < 1.29 is 9.59 Å². The van der Waals surface area contributed by atoms with Gasteiger partial charge in [-0.15, -0.1) is 11.3 Å². The van der Waals surface area contributed by atoms with E-state index in [9.17, 15) is 9.59 Å². The fourth-order valence-corrected chi connectivity index (χ4v) is 3.30. The molecule has 0 bridgehead atoms. The molecule has 1 amide bonds. The molecule has 1 aromatic heterocycles. The third-order valence-corrected chi connectivity index (χ3v) is 4.77. The van der Waals surface area contributed by atoms with Gasteiger partial charge < -0.3 is 5.32 Å². The highest BCUT2D eigenvalue weighted by atomic mass is 32.1. The topological polar surface area (TPSA) is 59.1 Å². The van der Waals surface area contributed by atoms with Crippen molar-refractivity contribution in [1.82, 2.24) is 10.3 Å². The number of nitrogens with one attached hydrogen (secondary N) is 1. The molecule has 1 heterocycles. The smallest absolute Gasteiger partial charge is 0.252 e. The number of hydrogen-bond acceptors (Lipinski definition) is 4. The fourth-order valence-electron chi connectivity index (χ4n) is 2.52. The molecule has 0 aliphatic carbocycles. The molecule has 0 spiro atoms. The van der Waals surface area contributed by atoms with Crippen LogP contribution in [0.1, 0.15) is 37.0 Å². The molecule has 0 fully saturated rings. The summed E-state index contributed by atoms with van der Waals surface area (Å²) in [6.07, 6.45) is 0.680. The SMILES string of the molecule is Cc1csc(CCNC(=O)c2ccccc2C(=O)c2ccccc2)n1. The Morgan fingerprint density at radius 1 is 1.00 bits per heavy atom. The van der Waals surface area contributed by atoms with Crippen LogP contribution in [-0.4, -0.2) is 23.2 Å². The number of nitrogens with zero attached hydrogens (tertiary/aromatic N) is 1. The summed E-state index contributed by atoms with van der Waals surface area (Å²) in [6.45, 7) is 2.43. The van der Waals surface area contributed by atoms with E-state index >= 15 is 0 Å². The first-order valence-electron chi connectivity index (χ1n) is 8.03. The fraction of sp³-hybridized carbons (Fsp3) is 0.150. The van der Waals surface area contributed by atoms with Crippen molar-refractivity contribution in [3.63, 3.8) is 0 Å². The van der Waals surface area contributed by atoms with Crippen molar-refractivity contribution in [1.29, 1.82) is 0 Å². The van der Waals surface area contributed by atoms with Crippen LogP contribution in [0.3, 0.4) is 0 Å². The maximum absolute atomic E-state index is 12.7. The molecular formula is C20H18N2O2S. The second kappa shape index (κ2) is 7.85. The highest BCUT2D eigenvalue weighted by Crippen LogP contribution is 2.15. The second-order valence-corrected chi connectivity index (χ2v) is 6.57. The van der Waals surface area contributed by atoms with Gasteiger partial charge in [-0.05, 0) is 13.0 Å². The highest BCUT2D eigenvalue weighted by Gasteiger charge is 2.17. The summed E-state index contributed by atoms with van der Waals surface area (Å²) < 4.78 is 0. The van der Waals surface area contributed by atoms with Crippen LogP contribution in [0.5, 0.6) is 0 Å². The summed E-state index contributed by atoms with van der Waals surface area (Å²) in [5, 5.41) is 5.86. The monoisotopic (exact) mass is 350 g/mol. The summed E-state index contributed by atoms with van der Waals surface area (Å²) in [5.41, 5.74) is 2.37. The summed E-state index contributed by atoms with van der Waals surface area (Å²) in [5.74, 6) is -0.393. The molecule has 0 saturated heterocycles.